The van der Waals surface area contributed by atoms with E-state index in [1.54, 1.807) is 7.05 Å². The molecule has 7 heteroatoms. The molecule has 1 aromatic rings. The molecule has 0 saturated carbocycles. The summed E-state index contributed by atoms with van der Waals surface area (Å²) in [7, 11) is -1.54. The Bertz CT molecular complexity index is 627. The Kier molecular flexibility index (Phi) is 7.69. The van der Waals surface area contributed by atoms with Crippen LogP contribution in [0, 0.1) is 0 Å². The number of aryl methyl sites for hydroxylation is 1. The van der Waals surface area contributed by atoms with Crippen LogP contribution >= 0.6 is 0 Å². The molecule has 0 aromatic heterocycles. The molecule has 0 spiro atoms. The third-order valence-corrected chi connectivity index (χ3v) is 4.40. The Labute approximate surface area is 146 Å². The molecule has 0 fully saturated rings. The molecular weight excluding hydrogens is 324 g/mol. The summed E-state index contributed by atoms with van der Waals surface area (Å²) < 4.78 is 25.3. The van der Waals surface area contributed by atoms with E-state index in [0.29, 0.717) is 12.5 Å². The minimum absolute atomic E-state index is 0.252. The zero-order valence-corrected chi connectivity index (χ0v) is 16.1. The Balaban J connectivity index is 2.44. The fourth-order valence-electron chi connectivity index (χ4n) is 2.37. The second-order valence-electron chi connectivity index (χ2n) is 6.75. The molecule has 0 radical (unpaired) electrons. The molecule has 1 unspecified atom stereocenters. The first kappa shape index (κ1) is 20.4. The van der Waals surface area contributed by atoms with Crippen molar-refractivity contribution < 1.29 is 8.42 Å². The number of benzene rings is 1. The first-order valence-electron chi connectivity index (χ1n) is 8.11. The van der Waals surface area contributed by atoms with Crippen LogP contribution in [0.2, 0.25) is 0 Å². The van der Waals surface area contributed by atoms with Crippen LogP contribution in [0.15, 0.2) is 35.3 Å². The average molecular weight is 355 g/mol. The zero-order valence-electron chi connectivity index (χ0n) is 15.3. The molecule has 0 bridgehead atoms. The standard InChI is InChI=1S/C17H30N4O2S/c1-14(11-12-15-9-7-6-8-10-15)20-16(18-4)19-13-17(2,3)21-24(5,22)23/h6-10,14,21H,11-13H2,1-5H3,(H2,18,19,20). The van der Waals surface area contributed by atoms with Gasteiger partial charge in [-0.2, -0.15) is 0 Å². The molecule has 0 amide bonds. The third-order valence-electron chi connectivity index (χ3n) is 3.48. The molecule has 0 aliphatic carbocycles. The van der Waals surface area contributed by atoms with Crippen LogP contribution in [0.4, 0.5) is 0 Å². The van der Waals surface area contributed by atoms with Crippen LogP contribution < -0.4 is 15.4 Å². The lowest BCUT2D eigenvalue weighted by Gasteiger charge is -2.27. The van der Waals surface area contributed by atoms with E-state index in [9.17, 15) is 8.42 Å². The van der Waals surface area contributed by atoms with Gasteiger partial charge < -0.3 is 10.6 Å². The monoisotopic (exact) mass is 354 g/mol. The highest BCUT2D eigenvalue weighted by molar-refractivity contribution is 7.88. The highest BCUT2D eigenvalue weighted by atomic mass is 32.2. The van der Waals surface area contributed by atoms with Gasteiger partial charge in [0.25, 0.3) is 0 Å². The predicted molar refractivity (Wildman–Crippen MR) is 101 cm³/mol. The molecule has 0 saturated heterocycles. The van der Waals surface area contributed by atoms with Gasteiger partial charge in [0.2, 0.25) is 10.0 Å². The fourth-order valence-corrected chi connectivity index (χ4v) is 3.45. The average Bonchev–Trinajstić information content (AvgIpc) is 2.48. The summed E-state index contributed by atoms with van der Waals surface area (Å²) in [6.07, 6.45) is 3.14. The van der Waals surface area contributed by atoms with Crippen molar-refractivity contribution in [2.45, 2.75) is 45.2 Å². The SMILES string of the molecule is CN=C(NCC(C)(C)NS(C)(=O)=O)NC(C)CCc1ccccc1. The van der Waals surface area contributed by atoms with E-state index in [1.807, 2.05) is 32.0 Å². The maximum Gasteiger partial charge on any atom is 0.209 e. The maximum atomic E-state index is 11.4. The Morgan fingerprint density at radius 2 is 1.88 bits per heavy atom. The van der Waals surface area contributed by atoms with Crippen LogP contribution in [-0.2, 0) is 16.4 Å². The summed E-state index contributed by atoms with van der Waals surface area (Å²) in [4.78, 5) is 4.20. The van der Waals surface area contributed by atoms with Gasteiger partial charge in [0.15, 0.2) is 5.96 Å². The number of guanidine groups is 1. The van der Waals surface area contributed by atoms with Crippen LogP contribution in [0.5, 0.6) is 0 Å². The van der Waals surface area contributed by atoms with Crippen molar-refractivity contribution >= 4 is 16.0 Å². The molecule has 1 atom stereocenters. The van der Waals surface area contributed by atoms with Gasteiger partial charge in [-0.15, -0.1) is 0 Å². The summed E-state index contributed by atoms with van der Waals surface area (Å²) in [5.41, 5.74) is 0.714. The van der Waals surface area contributed by atoms with Gasteiger partial charge in [0.1, 0.15) is 0 Å². The smallest absolute Gasteiger partial charge is 0.209 e. The summed E-state index contributed by atoms with van der Waals surface area (Å²) in [6, 6.07) is 10.6. The molecule has 3 N–H and O–H groups in total. The normalized spacial score (nSPS) is 14.3. The van der Waals surface area contributed by atoms with Gasteiger partial charge in [0.05, 0.1) is 6.26 Å². The predicted octanol–water partition coefficient (Wildman–Crippen LogP) is 1.50. The van der Waals surface area contributed by atoms with Crippen molar-refractivity contribution in [3.05, 3.63) is 35.9 Å². The highest BCUT2D eigenvalue weighted by Gasteiger charge is 2.22. The second-order valence-corrected chi connectivity index (χ2v) is 8.50. The van der Waals surface area contributed by atoms with Crippen molar-refractivity contribution in [2.75, 3.05) is 19.8 Å². The van der Waals surface area contributed by atoms with Crippen LogP contribution in [-0.4, -0.2) is 45.8 Å². The number of hydrogen-bond donors (Lipinski definition) is 3. The van der Waals surface area contributed by atoms with Gasteiger partial charge in [-0.05, 0) is 39.2 Å². The summed E-state index contributed by atoms with van der Waals surface area (Å²) in [5, 5.41) is 6.51. The van der Waals surface area contributed by atoms with Gasteiger partial charge in [-0.25, -0.2) is 13.1 Å². The van der Waals surface area contributed by atoms with Gasteiger partial charge in [0, 0.05) is 25.2 Å². The number of hydrogen-bond acceptors (Lipinski definition) is 3. The maximum absolute atomic E-state index is 11.4. The van der Waals surface area contributed by atoms with E-state index in [-0.39, 0.29) is 6.04 Å². The molecule has 1 rings (SSSR count). The zero-order chi connectivity index (χ0) is 18.2. The van der Waals surface area contributed by atoms with E-state index in [2.05, 4.69) is 39.4 Å². The number of nitrogens with zero attached hydrogens (tertiary/aromatic N) is 1. The Morgan fingerprint density at radius 3 is 2.42 bits per heavy atom. The van der Waals surface area contributed by atoms with E-state index < -0.39 is 15.6 Å². The van der Waals surface area contributed by atoms with Gasteiger partial charge >= 0.3 is 0 Å². The molecule has 0 aliphatic rings. The number of aliphatic imine (C=N–C) groups is 1. The quantitative estimate of drug-likeness (QED) is 0.488. The van der Waals surface area contributed by atoms with E-state index in [0.717, 1.165) is 19.1 Å². The minimum atomic E-state index is -3.25. The molecule has 24 heavy (non-hydrogen) atoms. The van der Waals surface area contributed by atoms with Crippen LogP contribution in [0.25, 0.3) is 0 Å². The van der Waals surface area contributed by atoms with Crippen molar-refractivity contribution in [3.63, 3.8) is 0 Å². The summed E-state index contributed by atoms with van der Waals surface area (Å²) >= 11 is 0. The lowest BCUT2D eigenvalue weighted by Crippen LogP contribution is -2.53. The first-order chi connectivity index (χ1) is 11.1. The van der Waals surface area contributed by atoms with Crippen molar-refractivity contribution in [3.8, 4) is 0 Å². The molecular formula is C17H30N4O2S. The van der Waals surface area contributed by atoms with Crippen LogP contribution in [0.1, 0.15) is 32.8 Å². The number of nitrogens with one attached hydrogen (secondary N) is 3. The first-order valence-corrected chi connectivity index (χ1v) is 10.0. The summed E-state index contributed by atoms with van der Waals surface area (Å²) in [6.45, 7) is 6.20. The Hall–Kier alpha value is -1.60. The van der Waals surface area contributed by atoms with Crippen molar-refractivity contribution in [1.29, 1.82) is 0 Å². The van der Waals surface area contributed by atoms with Crippen molar-refractivity contribution in [2.24, 2.45) is 4.99 Å². The van der Waals surface area contributed by atoms with Gasteiger partial charge in [-0.1, -0.05) is 30.3 Å². The minimum Gasteiger partial charge on any atom is -0.355 e. The van der Waals surface area contributed by atoms with E-state index in [1.165, 1.54) is 5.56 Å². The van der Waals surface area contributed by atoms with Crippen LogP contribution in [0.3, 0.4) is 0 Å². The number of sulfonamides is 1. The Morgan fingerprint density at radius 1 is 1.25 bits per heavy atom. The molecule has 0 aliphatic heterocycles. The highest BCUT2D eigenvalue weighted by Crippen LogP contribution is 2.05. The van der Waals surface area contributed by atoms with E-state index >= 15 is 0 Å². The lowest BCUT2D eigenvalue weighted by atomic mass is 10.1. The molecule has 1 aromatic carbocycles. The van der Waals surface area contributed by atoms with E-state index in [4.69, 9.17) is 0 Å². The largest absolute Gasteiger partial charge is 0.355 e. The van der Waals surface area contributed by atoms with Gasteiger partial charge in [-0.3, -0.25) is 4.99 Å². The second kappa shape index (κ2) is 9.03. The molecule has 0 heterocycles. The summed E-state index contributed by atoms with van der Waals surface area (Å²) in [5.74, 6) is 0.666. The molecule has 136 valence electrons. The third kappa shape index (κ3) is 8.88. The topological polar surface area (TPSA) is 82.6 Å². The molecule has 6 nitrogen and oxygen atoms in total. The van der Waals surface area contributed by atoms with Crippen molar-refractivity contribution in [1.82, 2.24) is 15.4 Å². The number of rotatable bonds is 8. The fraction of sp³-hybridized carbons (Fsp3) is 0.588. The lowest BCUT2D eigenvalue weighted by molar-refractivity contribution is 0.444.